The second-order valence-corrected chi connectivity index (χ2v) is 6.77. The van der Waals surface area contributed by atoms with E-state index in [4.69, 9.17) is 4.74 Å². The molecule has 136 valence electrons. The fourth-order valence-electron chi connectivity index (χ4n) is 2.90. The molecular weight excluding hydrogens is 412 g/mol. The predicted molar refractivity (Wildman–Crippen MR) is 91.5 cm³/mol. The summed E-state index contributed by atoms with van der Waals surface area (Å²) in [6, 6.07) is 6.59. The van der Waals surface area contributed by atoms with Crippen molar-refractivity contribution in [2.45, 2.75) is 25.6 Å². The van der Waals surface area contributed by atoms with Crippen molar-refractivity contribution >= 4 is 27.8 Å². The van der Waals surface area contributed by atoms with Crippen molar-refractivity contribution in [1.82, 2.24) is 4.90 Å². The van der Waals surface area contributed by atoms with Crippen LogP contribution in [0.3, 0.4) is 0 Å². The van der Waals surface area contributed by atoms with Crippen molar-refractivity contribution in [2.24, 2.45) is 0 Å². The van der Waals surface area contributed by atoms with E-state index in [1.54, 1.807) is 12.1 Å². The molecule has 0 bridgehead atoms. The number of carbonyl (C=O) groups is 2. The van der Waals surface area contributed by atoms with Gasteiger partial charge in [0.15, 0.2) is 12.1 Å². The van der Waals surface area contributed by atoms with Crippen LogP contribution in [0.1, 0.15) is 24.1 Å². The number of hydrogen-bond acceptors (Lipinski definition) is 3. The van der Waals surface area contributed by atoms with Crippen LogP contribution in [0.2, 0.25) is 0 Å². The average Bonchev–Trinajstić information content (AvgIpc) is 2.67. The number of amides is 1. The van der Waals surface area contributed by atoms with E-state index >= 15 is 0 Å². The maximum Gasteiger partial charge on any atom is 0.331 e. The fraction of sp³-hybridized carbons (Fsp3) is 0.222. The first-order valence-electron chi connectivity index (χ1n) is 7.72. The van der Waals surface area contributed by atoms with Gasteiger partial charge in [-0.1, -0.05) is 22.0 Å². The summed E-state index contributed by atoms with van der Waals surface area (Å²) in [6.45, 7) is 0.928. The first-order chi connectivity index (χ1) is 12.3. The Morgan fingerprint density at radius 2 is 1.92 bits per heavy atom. The third-order valence-corrected chi connectivity index (χ3v) is 4.63. The molecule has 2 aromatic rings. The van der Waals surface area contributed by atoms with Crippen LogP contribution >= 0.6 is 15.9 Å². The van der Waals surface area contributed by atoms with Crippen molar-refractivity contribution in [2.75, 3.05) is 0 Å². The Kier molecular flexibility index (Phi) is 4.95. The number of carboxylic acid groups (broad SMARTS) is 1. The summed E-state index contributed by atoms with van der Waals surface area (Å²) in [7, 11) is 0. The molecule has 0 saturated heterocycles. The zero-order valence-corrected chi connectivity index (χ0v) is 15.2. The zero-order chi connectivity index (χ0) is 19.0. The lowest BCUT2D eigenvalue weighted by atomic mass is 10.0. The highest BCUT2D eigenvalue weighted by atomic mass is 79.9. The SMILES string of the molecule is CC1Oc2ccc(Br)cc2C(C(=O)O)N(Cc2c(F)cccc2F)C1=O. The summed E-state index contributed by atoms with van der Waals surface area (Å²) in [6.07, 6.45) is -1.01. The lowest BCUT2D eigenvalue weighted by molar-refractivity contribution is -0.153. The molecule has 0 radical (unpaired) electrons. The minimum absolute atomic E-state index is 0.223. The molecule has 3 rings (SSSR count). The van der Waals surface area contributed by atoms with Gasteiger partial charge in [0, 0.05) is 15.6 Å². The van der Waals surface area contributed by atoms with Crippen molar-refractivity contribution in [3.05, 3.63) is 63.6 Å². The van der Waals surface area contributed by atoms with Gasteiger partial charge in [0.05, 0.1) is 6.54 Å². The quantitative estimate of drug-likeness (QED) is 0.814. The van der Waals surface area contributed by atoms with Crippen LogP contribution < -0.4 is 4.74 Å². The number of nitrogens with zero attached hydrogens (tertiary/aromatic N) is 1. The number of rotatable bonds is 3. The number of carbonyl (C=O) groups excluding carboxylic acids is 1. The van der Waals surface area contributed by atoms with Crippen molar-refractivity contribution in [3.8, 4) is 5.75 Å². The van der Waals surface area contributed by atoms with Gasteiger partial charge >= 0.3 is 5.97 Å². The average molecular weight is 426 g/mol. The third kappa shape index (κ3) is 3.29. The maximum atomic E-state index is 14.1. The summed E-state index contributed by atoms with van der Waals surface area (Å²) < 4.78 is 34.3. The molecule has 1 N–H and O–H groups in total. The minimum atomic E-state index is -1.45. The summed E-state index contributed by atoms with van der Waals surface area (Å²) >= 11 is 3.26. The Morgan fingerprint density at radius 3 is 2.54 bits per heavy atom. The molecule has 1 aliphatic rings. The highest BCUT2D eigenvalue weighted by molar-refractivity contribution is 9.10. The zero-order valence-electron chi connectivity index (χ0n) is 13.6. The predicted octanol–water partition coefficient (Wildman–Crippen LogP) is 3.66. The Bertz CT molecular complexity index is 869. The van der Waals surface area contributed by atoms with Crippen LogP contribution in [0.5, 0.6) is 5.75 Å². The molecule has 0 spiro atoms. The second kappa shape index (κ2) is 7.03. The van der Waals surface area contributed by atoms with E-state index in [0.29, 0.717) is 4.47 Å². The number of benzene rings is 2. The molecule has 1 amide bonds. The number of halogens is 3. The Labute approximate surface area is 156 Å². The molecule has 26 heavy (non-hydrogen) atoms. The summed E-state index contributed by atoms with van der Waals surface area (Å²) in [4.78, 5) is 25.6. The van der Waals surface area contributed by atoms with Crippen LogP contribution in [-0.4, -0.2) is 28.0 Å². The van der Waals surface area contributed by atoms with Crippen molar-refractivity contribution in [1.29, 1.82) is 0 Å². The van der Waals surface area contributed by atoms with E-state index in [1.807, 2.05) is 0 Å². The topological polar surface area (TPSA) is 66.8 Å². The van der Waals surface area contributed by atoms with Gasteiger partial charge in [-0.25, -0.2) is 13.6 Å². The molecule has 0 fully saturated rings. The van der Waals surface area contributed by atoms with Gasteiger partial charge in [-0.15, -0.1) is 0 Å². The van der Waals surface area contributed by atoms with Gasteiger partial charge < -0.3 is 14.7 Å². The van der Waals surface area contributed by atoms with E-state index < -0.39 is 42.2 Å². The van der Waals surface area contributed by atoms with Gasteiger partial charge in [-0.2, -0.15) is 0 Å². The van der Waals surface area contributed by atoms with Crippen LogP contribution in [0, 0.1) is 11.6 Å². The lowest BCUT2D eigenvalue weighted by Gasteiger charge is -2.28. The van der Waals surface area contributed by atoms with Gasteiger partial charge in [0.25, 0.3) is 5.91 Å². The van der Waals surface area contributed by atoms with E-state index in [1.165, 1.54) is 19.1 Å². The van der Waals surface area contributed by atoms with Crippen LogP contribution in [0.15, 0.2) is 40.9 Å². The summed E-state index contributed by atoms with van der Waals surface area (Å²) in [5.74, 6) is -3.47. The summed E-state index contributed by atoms with van der Waals surface area (Å²) in [5, 5.41) is 9.74. The molecular formula is C18H14BrF2NO4. The molecule has 2 atom stereocenters. The van der Waals surface area contributed by atoms with Gasteiger partial charge in [0.1, 0.15) is 17.4 Å². The van der Waals surface area contributed by atoms with Gasteiger partial charge in [-0.3, -0.25) is 4.79 Å². The van der Waals surface area contributed by atoms with Crippen LogP contribution in [-0.2, 0) is 16.1 Å². The van der Waals surface area contributed by atoms with Crippen LogP contribution in [0.25, 0.3) is 0 Å². The van der Waals surface area contributed by atoms with E-state index in [0.717, 1.165) is 17.0 Å². The van der Waals surface area contributed by atoms with E-state index in [2.05, 4.69) is 15.9 Å². The van der Waals surface area contributed by atoms with E-state index in [-0.39, 0.29) is 16.9 Å². The molecule has 0 aliphatic carbocycles. The fourth-order valence-corrected chi connectivity index (χ4v) is 3.28. The molecule has 1 heterocycles. The Balaban J connectivity index is 2.14. The molecule has 1 aliphatic heterocycles. The Hall–Kier alpha value is -2.48. The third-order valence-electron chi connectivity index (χ3n) is 4.14. The first-order valence-corrected chi connectivity index (χ1v) is 8.51. The largest absolute Gasteiger partial charge is 0.481 e. The number of fused-ring (bicyclic) bond motifs is 1. The molecule has 0 saturated carbocycles. The number of hydrogen-bond donors (Lipinski definition) is 1. The summed E-state index contributed by atoms with van der Waals surface area (Å²) in [5.41, 5.74) is -0.154. The minimum Gasteiger partial charge on any atom is -0.481 e. The number of carboxylic acids is 1. The molecule has 2 aromatic carbocycles. The highest BCUT2D eigenvalue weighted by Crippen LogP contribution is 2.37. The molecule has 8 heteroatoms. The van der Waals surface area contributed by atoms with E-state index in [9.17, 15) is 23.5 Å². The van der Waals surface area contributed by atoms with Crippen LogP contribution in [0.4, 0.5) is 8.78 Å². The normalized spacial score (nSPS) is 19.5. The Morgan fingerprint density at radius 1 is 1.27 bits per heavy atom. The lowest BCUT2D eigenvalue weighted by Crippen LogP contribution is -2.42. The highest BCUT2D eigenvalue weighted by Gasteiger charge is 2.40. The monoisotopic (exact) mass is 425 g/mol. The van der Waals surface area contributed by atoms with Gasteiger partial charge in [-0.05, 0) is 37.3 Å². The number of aliphatic carboxylic acids is 1. The standard InChI is InChI=1S/C18H14BrF2NO4/c1-9-17(23)22(8-12-13(20)3-2-4-14(12)21)16(18(24)25)11-7-10(19)5-6-15(11)26-9/h2-7,9,16H,8H2,1H3,(H,24,25). The second-order valence-electron chi connectivity index (χ2n) is 5.85. The van der Waals surface area contributed by atoms with Crippen molar-refractivity contribution < 1.29 is 28.2 Å². The van der Waals surface area contributed by atoms with Crippen molar-refractivity contribution in [3.63, 3.8) is 0 Å². The van der Waals surface area contributed by atoms with Gasteiger partial charge in [0.2, 0.25) is 0 Å². The smallest absolute Gasteiger partial charge is 0.331 e. The maximum absolute atomic E-state index is 14.1. The molecule has 2 unspecified atom stereocenters. The first kappa shape index (κ1) is 18.3. The number of ether oxygens (including phenoxy) is 1. The molecule has 0 aromatic heterocycles. The molecule has 5 nitrogen and oxygen atoms in total.